The number of aromatic nitrogens is 1. The number of fused-ring (bicyclic) bond motifs is 1. The van der Waals surface area contributed by atoms with Gasteiger partial charge in [0, 0.05) is 29.5 Å². The lowest BCUT2D eigenvalue weighted by Crippen LogP contribution is -2.11. The molecule has 1 N–H and O–H groups in total. The van der Waals surface area contributed by atoms with E-state index in [-0.39, 0.29) is 0 Å². The zero-order chi connectivity index (χ0) is 12.2. The van der Waals surface area contributed by atoms with E-state index < -0.39 is 0 Å². The molecule has 0 aliphatic heterocycles. The Hall–Kier alpha value is -1.71. The molecule has 18 heavy (non-hydrogen) atoms. The molecule has 0 saturated heterocycles. The molecular formula is C15H14N2S. The van der Waals surface area contributed by atoms with E-state index in [2.05, 4.69) is 52.1 Å². The van der Waals surface area contributed by atoms with Crippen LogP contribution in [0.4, 0.5) is 0 Å². The smallest absolute Gasteiger partial charge is 0.0702 e. The number of nitrogens with one attached hydrogen (secondary N) is 1. The van der Waals surface area contributed by atoms with Gasteiger partial charge in [-0.15, -0.1) is 11.3 Å². The molecule has 3 aromatic rings. The summed E-state index contributed by atoms with van der Waals surface area (Å²) in [4.78, 5) is 5.70. The van der Waals surface area contributed by atoms with Gasteiger partial charge in [0.25, 0.3) is 0 Å². The summed E-state index contributed by atoms with van der Waals surface area (Å²) in [5.74, 6) is 0. The summed E-state index contributed by atoms with van der Waals surface area (Å²) in [6.45, 7) is 1.82. The van der Waals surface area contributed by atoms with E-state index >= 15 is 0 Å². The van der Waals surface area contributed by atoms with Crippen molar-refractivity contribution in [2.75, 3.05) is 0 Å². The molecule has 0 fully saturated rings. The number of hydrogen-bond acceptors (Lipinski definition) is 3. The minimum Gasteiger partial charge on any atom is -0.308 e. The first kappa shape index (κ1) is 11.4. The van der Waals surface area contributed by atoms with Gasteiger partial charge in [-0.25, -0.2) is 0 Å². The highest BCUT2D eigenvalue weighted by Crippen LogP contribution is 2.13. The maximum Gasteiger partial charge on any atom is 0.0702 e. The summed E-state index contributed by atoms with van der Waals surface area (Å²) in [5.41, 5.74) is 2.35. The summed E-state index contributed by atoms with van der Waals surface area (Å²) in [6.07, 6.45) is 1.83. The third-order valence-corrected chi connectivity index (χ3v) is 3.75. The standard InChI is InChI=1S/C15H14N2S/c1-3-13-9-12(5-6-15(13)17-7-1)10-16-11-14-4-2-8-18-14/h1-9,16H,10-11H2. The minimum atomic E-state index is 0.892. The molecule has 0 aliphatic carbocycles. The van der Waals surface area contributed by atoms with Gasteiger partial charge in [0.15, 0.2) is 0 Å². The van der Waals surface area contributed by atoms with E-state index in [1.54, 1.807) is 11.3 Å². The van der Waals surface area contributed by atoms with Gasteiger partial charge in [0.05, 0.1) is 5.52 Å². The molecule has 0 atom stereocenters. The first-order valence-corrected chi connectivity index (χ1v) is 6.86. The number of hydrogen-bond donors (Lipinski definition) is 1. The van der Waals surface area contributed by atoms with Crippen LogP contribution in [0, 0.1) is 0 Å². The minimum absolute atomic E-state index is 0.892. The lowest BCUT2D eigenvalue weighted by atomic mass is 10.1. The lowest BCUT2D eigenvalue weighted by Gasteiger charge is -2.05. The van der Waals surface area contributed by atoms with Crippen LogP contribution in [0.25, 0.3) is 10.9 Å². The molecular weight excluding hydrogens is 240 g/mol. The molecule has 2 nitrogen and oxygen atoms in total. The molecule has 0 amide bonds. The van der Waals surface area contributed by atoms with Crippen LogP contribution >= 0.6 is 11.3 Å². The number of thiophene rings is 1. The van der Waals surface area contributed by atoms with Crippen LogP contribution in [0.5, 0.6) is 0 Å². The van der Waals surface area contributed by atoms with Crippen molar-refractivity contribution in [3.8, 4) is 0 Å². The third-order valence-electron chi connectivity index (χ3n) is 2.88. The molecule has 1 aromatic carbocycles. The van der Waals surface area contributed by atoms with Crippen LogP contribution < -0.4 is 5.32 Å². The van der Waals surface area contributed by atoms with E-state index in [9.17, 15) is 0 Å². The molecule has 2 heterocycles. The van der Waals surface area contributed by atoms with Crippen LogP contribution in [-0.2, 0) is 13.1 Å². The Kier molecular flexibility index (Phi) is 3.35. The average Bonchev–Trinajstić information content (AvgIpc) is 2.92. The molecule has 2 aromatic heterocycles. The van der Waals surface area contributed by atoms with Gasteiger partial charge in [-0.1, -0.05) is 18.2 Å². The van der Waals surface area contributed by atoms with Crippen LogP contribution in [0.2, 0.25) is 0 Å². The zero-order valence-corrected chi connectivity index (χ0v) is 10.8. The van der Waals surface area contributed by atoms with Gasteiger partial charge in [-0.05, 0) is 35.2 Å². The first-order chi connectivity index (χ1) is 8.92. The summed E-state index contributed by atoms with van der Waals surface area (Å²) < 4.78 is 0. The Bertz CT molecular complexity index is 632. The summed E-state index contributed by atoms with van der Waals surface area (Å²) in [6, 6.07) is 14.7. The van der Waals surface area contributed by atoms with Crippen molar-refractivity contribution < 1.29 is 0 Å². The molecule has 0 aliphatic rings. The highest BCUT2D eigenvalue weighted by molar-refractivity contribution is 7.09. The van der Waals surface area contributed by atoms with Gasteiger partial charge in [0.1, 0.15) is 0 Å². The van der Waals surface area contributed by atoms with E-state index in [0.717, 1.165) is 18.6 Å². The van der Waals surface area contributed by atoms with Crippen LogP contribution in [-0.4, -0.2) is 4.98 Å². The van der Waals surface area contributed by atoms with Crippen molar-refractivity contribution in [1.82, 2.24) is 10.3 Å². The van der Waals surface area contributed by atoms with Gasteiger partial charge < -0.3 is 5.32 Å². The van der Waals surface area contributed by atoms with Gasteiger partial charge >= 0.3 is 0 Å². The largest absolute Gasteiger partial charge is 0.308 e. The predicted octanol–water partition coefficient (Wildman–Crippen LogP) is 3.59. The Labute approximate surface area is 110 Å². The molecule has 0 spiro atoms. The van der Waals surface area contributed by atoms with Crippen molar-refractivity contribution in [2.45, 2.75) is 13.1 Å². The molecule has 3 rings (SSSR count). The SMILES string of the molecule is c1csc(CNCc2ccc3ncccc3c2)c1. The molecule has 0 bridgehead atoms. The van der Waals surface area contributed by atoms with E-state index in [1.165, 1.54) is 15.8 Å². The van der Waals surface area contributed by atoms with Gasteiger partial charge in [-0.3, -0.25) is 4.98 Å². The second kappa shape index (κ2) is 5.29. The Morgan fingerprint density at radius 1 is 1.06 bits per heavy atom. The maximum atomic E-state index is 4.32. The lowest BCUT2D eigenvalue weighted by molar-refractivity contribution is 0.701. The van der Waals surface area contributed by atoms with Gasteiger partial charge in [-0.2, -0.15) is 0 Å². The van der Waals surface area contributed by atoms with E-state index in [1.807, 2.05) is 12.3 Å². The second-order valence-corrected chi connectivity index (χ2v) is 5.25. The van der Waals surface area contributed by atoms with Crippen LogP contribution in [0.3, 0.4) is 0 Å². The fourth-order valence-corrected chi connectivity index (χ4v) is 2.65. The number of benzene rings is 1. The van der Waals surface area contributed by atoms with Gasteiger partial charge in [0.2, 0.25) is 0 Å². The summed E-state index contributed by atoms with van der Waals surface area (Å²) in [7, 11) is 0. The first-order valence-electron chi connectivity index (χ1n) is 5.98. The van der Waals surface area contributed by atoms with Crippen LogP contribution in [0.15, 0.2) is 54.0 Å². The Balaban J connectivity index is 1.67. The fourth-order valence-electron chi connectivity index (χ4n) is 1.98. The quantitative estimate of drug-likeness (QED) is 0.769. The van der Waals surface area contributed by atoms with Crippen molar-refractivity contribution in [3.63, 3.8) is 0 Å². The van der Waals surface area contributed by atoms with E-state index in [4.69, 9.17) is 0 Å². The average molecular weight is 254 g/mol. The number of nitrogens with zero attached hydrogens (tertiary/aromatic N) is 1. The Morgan fingerprint density at radius 2 is 2.06 bits per heavy atom. The Morgan fingerprint density at radius 3 is 2.94 bits per heavy atom. The van der Waals surface area contributed by atoms with Crippen molar-refractivity contribution >= 4 is 22.2 Å². The summed E-state index contributed by atoms with van der Waals surface area (Å²) in [5, 5.41) is 6.77. The van der Waals surface area contributed by atoms with Crippen LogP contribution in [0.1, 0.15) is 10.4 Å². The fraction of sp³-hybridized carbons (Fsp3) is 0.133. The number of rotatable bonds is 4. The molecule has 3 heteroatoms. The molecule has 0 saturated carbocycles. The highest BCUT2D eigenvalue weighted by Gasteiger charge is 1.98. The monoisotopic (exact) mass is 254 g/mol. The molecule has 90 valence electrons. The highest BCUT2D eigenvalue weighted by atomic mass is 32.1. The zero-order valence-electron chi connectivity index (χ0n) is 9.97. The topological polar surface area (TPSA) is 24.9 Å². The normalized spacial score (nSPS) is 10.9. The third kappa shape index (κ3) is 2.58. The number of pyridine rings is 1. The molecule has 0 unspecified atom stereocenters. The van der Waals surface area contributed by atoms with Crippen molar-refractivity contribution in [1.29, 1.82) is 0 Å². The van der Waals surface area contributed by atoms with Crippen molar-refractivity contribution in [2.24, 2.45) is 0 Å². The second-order valence-electron chi connectivity index (χ2n) is 4.21. The molecule has 0 radical (unpaired) electrons. The summed E-state index contributed by atoms with van der Waals surface area (Å²) >= 11 is 1.79. The van der Waals surface area contributed by atoms with Crippen molar-refractivity contribution in [3.05, 3.63) is 64.5 Å². The maximum absolute atomic E-state index is 4.32. The predicted molar refractivity (Wildman–Crippen MR) is 76.6 cm³/mol. The van der Waals surface area contributed by atoms with E-state index in [0.29, 0.717) is 0 Å².